The maximum absolute atomic E-state index is 12.6. The summed E-state index contributed by atoms with van der Waals surface area (Å²) in [6, 6.07) is 11.8. The maximum Gasteiger partial charge on any atom is 0.164 e. The van der Waals surface area contributed by atoms with Gasteiger partial charge < -0.3 is 9.46 Å². The molecule has 20 heavy (non-hydrogen) atoms. The Morgan fingerprint density at radius 2 is 1.85 bits per heavy atom. The Labute approximate surface area is 116 Å². The van der Waals surface area contributed by atoms with Crippen LogP contribution in [0.25, 0.3) is 5.69 Å². The van der Waals surface area contributed by atoms with Crippen LogP contribution in [0, 0.1) is 0 Å². The van der Waals surface area contributed by atoms with Gasteiger partial charge in [0, 0.05) is 23.9 Å². The van der Waals surface area contributed by atoms with E-state index in [1.54, 1.807) is 61.1 Å². The van der Waals surface area contributed by atoms with Crippen molar-refractivity contribution in [2.24, 2.45) is 0 Å². The zero-order chi connectivity index (χ0) is 14.0. The molecule has 0 aliphatic rings. The highest BCUT2D eigenvalue weighted by atomic mass is 31.2. The lowest BCUT2D eigenvalue weighted by Crippen LogP contribution is -2.31. The molecule has 0 saturated heterocycles. The number of rotatable bonds is 3. The zero-order valence-corrected chi connectivity index (χ0v) is 11.4. The van der Waals surface area contributed by atoms with Crippen molar-refractivity contribution in [3.63, 3.8) is 0 Å². The number of nitrogens with zero attached hydrogens (tertiary/aromatic N) is 3. The van der Waals surface area contributed by atoms with E-state index >= 15 is 0 Å². The molecule has 0 saturated carbocycles. The van der Waals surface area contributed by atoms with Crippen LogP contribution in [0.2, 0.25) is 0 Å². The van der Waals surface area contributed by atoms with Crippen LogP contribution >= 0.6 is 7.37 Å². The van der Waals surface area contributed by atoms with Gasteiger partial charge in [0.2, 0.25) is 0 Å². The maximum atomic E-state index is 12.6. The summed E-state index contributed by atoms with van der Waals surface area (Å²) in [5.74, 6) is 0. The van der Waals surface area contributed by atoms with Gasteiger partial charge in [0.05, 0.1) is 11.9 Å². The molecule has 0 bridgehead atoms. The van der Waals surface area contributed by atoms with Crippen molar-refractivity contribution in [2.45, 2.75) is 0 Å². The topological polar surface area (TPSA) is 70.8 Å². The second kappa shape index (κ2) is 5.04. The summed E-state index contributed by atoms with van der Waals surface area (Å²) >= 11 is 0. The van der Waals surface area contributed by atoms with Gasteiger partial charge >= 0.3 is 0 Å². The predicted molar refractivity (Wildman–Crippen MR) is 74.7 cm³/mol. The lowest BCUT2D eigenvalue weighted by molar-refractivity contribution is -0.167. The highest BCUT2D eigenvalue weighted by molar-refractivity contribution is 7.71. The molecule has 1 unspecified atom stereocenters. The van der Waals surface area contributed by atoms with Crippen LogP contribution in [-0.2, 0) is 4.57 Å². The standard InChI is InChI=1S/C14H12N3O2P/c18-20(19,13-6-2-1-3-7-13)14-16-9-10-17(14)12-5-4-8-15-11-12/h1-11H,(H,18,19)/p-1. The molecule has 2 aromatic heterocycles. The first-order valence-corrected chi connectivity index (χ1v) is 7.63. The van der Waals surface area contributed by atoms with E-state index in [-0.39, 0.29) is 10.9 Å². The molecule has 0 amide bonds. The molecular weight excluding hydrogens is 273 g/mol. The van der Waals surface area contributed by atoms with E-state index in [2.05, 4.69) is 9.97 Å². The number of hydrogen-bond acceptors (Lipinski definition) is 4. The van der Waals surface area contributed by atoms with Crippen molar-refractivity contribution in [2.75, 3.05) is 0 Å². The van der Waals surface area contributed by atoms with Gasteiger partial charge in [-0.2, -0.15) is 0 Å². The highest BCUT2D eigenvalue weighted by Gasteiger charge is 2.20. The average Bonchev–Trinajstić information content (AvgIpc) is 2.99. The molecule has 0 aliphatic heterocycles. The van der Waals surface area contributed by atoms with E-state index in [4.69, 9.17) is 0 Å². The fourth-order valence-electron chi connectivity index (χ4n) is 1.95. The van der Waals surface area contributed by atoms with Crippen molar-refractivity contribution in [3.05, 3.63) is 67.3 Å². The van der Waals surface area contributed by atoms with Gasteiger partial charge in [0.15, 0.2) is 5.57 Å². The van der Waals surface area contributed by atoms with E-state index in [1.807, 2.05) is 0 Å². The third-order valence-electron chi connectivity index (χ3n) is 2.90. The number of imidazole rings is 1. The minimum absolute atomic E-state index is 0.0108. The normalized spacial score (nSPS) is 13.8. The summed E-state index contributed by atoms with van der Waals surface area (Å²) in [5.41, 5.74) is 0.670. The van der Waals surface area contributed by atoms with Crippen molar-refractivity contribution in [1.82, 2.24) is 14.5 Å². The van der Waals surface area contributed by atoms with E-state index in [9.17, 15) is 9.46 Å². The second-order valence-electron chi connectivity index (χ2n) is 4.20. The molecule has 0 fully saturated rings. The lowest BCUT2D eigenvalue weighted by Gasteiger charge is -2.23. The Morgan fingerprint density at radius 3 is 2.55 bits per heavy atom. The number of benzene rings is 1. The molecule has 0 N–H and O–H groups in total. The first kappa shape index (κ1) is 12.8. The van der Waals surface area contributed by atoms with Crippen LogP contribution in [0.3, 0.4) is 0 Å². The smallest absolute Gasteiger partial charge is 0.164 e. The van der Waals surface area contributed by atoms with Crippen LogP contribution < -0.4 is 15.8 Å². The number of pyridine rings is 1. The van der Waals surface area contributed by atoms with Crippen molar-refractivity contribution < 1.29 is 9.46 Å². The largest absolute Gasteiger partial charge is 0.790 e. The van der Waals surface area contributed by atoms with Gasteiger partial charge in [-0.05, 0) is 12.1 Å². The Kier molecular flexibility index (Phi) is 3.22. The minimum atomic E-state index is -3.98. The fraction of sp³-hybridized carbons (Fsp3) is 0. The Morgan fingerprint density at radius 1 is 1.05 bits per heavy atom. The predicted octanol–water partition coefficient (Wildman–Crippen LogP) is 0.856. The number of aromatic nitrogens is 3. The monoisotopic (exact) mass is 284 g/mol. The fourth-order valence-corrected chi connectivity index (χ4v) is 3.43. The molecule has 1 atom stereocenters. The summed E-state index contributed by atoms with van der Waals surface area (Å²) < 4.78 is 14.1. The van der Waals surface area contributed by atoms with Gasteiger partial charge in [0.25, 0.3) is 0 Å². The average molecular weight is 284 g/mol. The molecule has 3 rings (SSSR count). The molecule has 0 spiro atoms. The molecule has 3 aromatic rings. The zero-order valence-electron chi connectivity index (χ0n) is 10.5. The van der Waals surface area contributed by atoms with E-state index in [1.165, 1.54) is 10.8 Å². The van der Waals surface area contributed by atoms with Crippen LogP contribution in [-0.4, -0.2) is 14.5 Å². The van der Waals surface area contributed by atoms with Crippen LogP contribution in [0.1, 0.15) is 0 Å². The molecule has 0 radical (unpaired) electrons. The molecule has 5 nitrogen and oxygen atoms in total. The van der Waals surface area contributed by atoms with Gasteiger partial charge in [-0.15, -0.1) is 0 Å². The lowest BCUT2D eigenvalue weighted by atomic mass is 10.4. The van der Waals surface area contributed by atoms with Crippen LogP contribution in [0.15, 0.2) is 67.3 Å². The highest BCUT2D eigenvalue weighted by Crippen LogP contribution is 2.32. The molecule has 1 aromatic carbocycles. The molecule has 0 aliphatic carbocycles. The SMILES string of the molecule is O=P([O-])(c1ccccc1)c1nccn1-c1cccnc1. The Bertz CT molecular complexity index is 756. The van der Waals surface area contributed by atoms with Crippen LogP contribution in [0.5, 0.6) is 0 Å². The molecule has 2 heterocycles. The van der Waals surface area contributed by atoms with Gasteiger partial charge in [-0.3, -0.25) is 9.55 Å². The van der Waals surface area contributed by atoms with Crippen LogP contribution in [0.4, 0.5) is 0 Å². The summed E-state index contributed by atoms with van der Waals surface area (Å²) in [6.07, 6.45) is 6.31. The molecule has 100 valence electrons. The minimum Gasteiger partial charge on any atom is -0.790 e. The van der Waals surface area contributed by atoms with Gasteiger partial charge in [0.1, 0.15) is 7.37 Å². The summed E-state index contributed by atoms with van der Waals surface area (Å²) in [4.78, 5) is 20.6. The summed E-state index contributed by atoms with van der Waals surface area (Å²) in [5, 5.41) is 0.247. The van der Waals surface area contributed by atoms with Crippen molar-refractivity contribution in [1.29, 1.82) is 0 Å². The second-order valence-corrected chi connectivity index (χ2v) is 6.21. The van der Waals surface area contributed by atoms with E-state index in [0.717, 1.165) is 0 Å². The first-order chi connectivity index (χ1) is 9.69. The van der Waals surface area contributed by atoms with Gasteiger partial charge in [-0.1, -0.05) is 30.3 Å². The van der Waals surface area contributed by atoms with Gasteiger partial charge in [-0.25, -0.2) is 4.98 Å². The van der Waals surface area contributed by atoms with Crippen molar-refractivity contribution >= 4 is 18.2 Å². The third kappa shape index (κ3) is 2.18. The third-order valence-corrected chi connectivity index (χ3v) is 4.74. The summed E-state index contributed by atoms with van der Waals surface area (Å²) in [6.45, 7) is 0. The Balaban J connectivity index is 2.13. The Hall–Kier alpha value is -2.23. The molecular formula is C14H11N3O2P-. The first-order valence-electron chi connectivity index (χ1n) is 6.00. The van der Waals surface area contributed by atoms with E-state index < -0.39 is 7.37 Å². The quantitative estimate of drug-likeness (QED) is 0.669. The van der Waals surface area contributed by atoms with E-state index in [0.29, 0.717) is 5.69 Å². The summed E-state index contributed by atoms with van der Waals surface area (Å²) in [7, 11) is -3.98. The van der Waals surface area contributed by atoms with Crippen molar-refractivity contribution in [3.8, 4) is 5.69 Å². The number of hydrogen-bond donors (Lipinski definition) is 0. The molecule has 6 heteroatoms.